The van der Waals surface area contributed by atoms with Crippen molar-refractivity contribution >= 4 is 11.6 Å². The first kappa shape index (κ1) is 15.6. The van der Waals surface area contributed by atoms with Gasteiger partial charge < -0.3 is 15.2 Å². The Labute approximate surface area is 125 Å². The van der Waals surface area contributed by atoms with E-state index in [2.05, 4.69) is 18.7 Å². The van der Waals surface area contributed by atoms with E-state index in [1.165, 1.54) is 0 Å². The molecule has 20 heavy (non-hydrogen) atoms. The van der Waals surface area contributed by atoms with Crippen LogP contribution in [-0.4, -0.2) is 43.3 Å². The molecule has 2 N–H and O–H groups in total. The van der Waals surface area contributed by atoms with Crippen LogP contribution in [0.1, 0.15) is 19.4 Å². The van der Waals surface area contributed by atoms with Crippen LogP contribution in [0.3, 0.4) is 0 Å². The lowest BCUT2D eigenvalue weighted by atomic mass is 10.2. The van der Waals surface area contributed by atoms with Crippen LogP contribution in [0, 0.1) is 0 Å². The molecule has 0 spiro atoms. The van der Waals surface area contributed by atoms with Crippen LogP contribution < -0.4 is 10.5 Å². The Morgan fingerprint density at radius 3 is 2.95 bits per heavy atom. The van der Waals surface area contributed by atoms with Crippen LogP contribution in [0.2, 0.25) is 5.02 Å². The molecule has 1 unspecified atom stereocenters. The zero-order valence-electron chi connectivity index (χ0n) is 12.1. The molecule has 5 heteroatoms. The molecule has 0 aliphatic carbocycles. The standard InChI is InChI=1S/C15H23ClN2O2/c1-11(2)18-5-6-19-14(9-18)10-20-13-4-3-12(8-17)15(16)7-13/h3-4,7,11,14H,5-6,8-10,17H2,1-2H3. The molecular formula is C15H23ClN2O2. The molecule has 0 aromatic heterocycles. The number of halogens is 1. The molecule has 1 saturated heterocycles. The fourth-order valence-corrected chi connectivity index (χ4v) is 2.53. The zero-order valence-corrected chi connectivity index (χ0v) is 12.9. The third kappa shape index (κ3) is 4.09. The summed E-state index contributed by atoms with van der Waals surface area (Å²) in [7, 11) is 0. The van der Waals surface area contributed by atoms with Crippen molar-refractivity contribution in [2.45, 2.75) is 32.5 Å². The maximum absolute atomic E-state index is 6.12. The number of nitrogens with two attached hydrogens (primary N) is 1. The van der Waals surface area contributed by atoms with Crippen LogP contribution >= 0.6 is 11.6 Å². The maximum Gasteiger partial charge on any atom is 0.120 e. The molecular weight excluding hydrogens is 276 g/mol. The summed E-state index contributed by atoms with van der Waals surface area (Å²) in [4.78, 5) is 2.40. The minimum absolute atomic E-state index is 0.110. The highest BCUT2D eigenvalue weighted by atomic mass is 35.5. The molecule has 2 rings (SSSR count). The predicted molar refractivity (Wildman–Crippen MR) is 81.3 cm³/mol. The van der Waals surface area contributed by atoms with E-state index < -0.39 is 0 Å². The third-order valence-electron chi connectivity index (χ3n) is 3.58. The molecule has 0 amide bonds. The zero-order chi connectivity index (χ0) is 14.5. The van der Waals surface area contributed by atoms with Gasteiger partial charge in [-0.3, -0.25) is 4.90 Å². The molecule has 1 heterocycles. The van der Waals surface area contributed by atoms with Gasteiger partial charge in [-0.05, 0) is 31.5 Å². The summed E-state index contributed by atoms with van der Waals surface area (Å²) in [5.41, 5.74) is 6.51. The second-order valence-electron chi connectivity index (χ2n) is 5.35. The molecule has 4 nitrogen and oxygen atoms in total. The molecule has 1 atom stereocenters. The molecule has 1 aromatic carbocycles. The van der Waals surface area contributed by atoms with Crippen molar-refractivity contribution in [2.75, 3.05) is 26.3 Å². The van der Waals surface area contributed by atoms with Crippen LogP contribution in [-0.2, 0) is 11.3 Å². The highest BCUT2D eigenvalue weighted by Gasteiger charge is 2.22. The largest absolute Gasteiger partial charge is 0.491 e. The van der Waals surface area contributed by atoms with E-state index in [9.17, 15) is 0 Å². The Kier molecular flexibility index (Phi) is 5.66. The Bertz CT molecular complexity index is 440. The van der Waals surface area contributed by atoms with Crippen LogP contribution in [0.4, 0.5) is 0 Å². The first-order valence-electron chi connectivity index (χ1n) is 7.07. The number of hydrogen-bond acceptors (Lipinski definition) is 4. The topological polar surface area (TPSA) is 47.7 Å². The number of nitrogens with zero attached hydrogens (tertiary/aromatic N) is 1. The van der Waals surface area contributed by atoms with Crippen molar-refractivity contribution in [3.8, 4) is 5.75 Å². The molecule has 1 aliphatic rings. The maximum atomic E-state index is 6.12. The van der Waals surface area contributed by atoms with Gasteiger partial charge in [-0.25, -0.2) is 0 Å². The summed E-state index contributed by atoms with van der Waals surface area (Å²) in [6.07, 6.45) is 0.110. The number of hydrogen-bond donors (Lipinski definition) is 1. The third-order valence-corrected chi connectivity index (χ3v) is 3.93. The Morgan fingerprint density at radius 2 is 2.30 bits per heavy atom. The number of ether oxygens (including phenoxy) is 2. The van der Waals surface area contributed by atoms with Gasteiger partial charge in [0.1, 0.15) is 18.5 Å². The molecule has 1 aliphatic heterocycles. The average molecular weight is 299 g/mol. The predicted octanol–water partition coefficient (Wildman–Crippen LogP) is 2.29. The summed E-state index contributed by atoms with van der Waals surface area (Å²) in [5.74, 6) is 0.762. The highest BCUT2D eigenvalue weighted by molar-refractivity contribution is 6.31. The lowest BCUT2D eigenvalue weighted by Crippen LogP contribution is -2.47. The second kappa shape index (κ2) is 7.27. The van der Waals surface area contributed by atoms with E-state index in [-0.39, 0.29) is 6.10 Å². The quantitative estimate of drug-likeness (QED) is 0.906. The Balaban J connectivity index is 1.87. The van der Waals surface area contributed by atoms with E-state index in [4.69, 9.17) is 26.8 Å². The number of benzene rings is 1. The van der Waals surface area contributed by atoms with Crippen molar-refractivity contribution in [3.05, 3.63) is 28.8 Å². The monoisotopic (exact) mass is 298 g/mol. The molecule has 1 fully saturated rings. The van der Waals surface area contributed by atoms with Gasteiger partial charge in [0, 0.05) is 30.7 Å². The number of rotatable bonds is 5. The molecule has 0 radical (unpaired) electrons. The van der Waals surface area contributed by atoms with Gasteiger partial charge in [0.15, 0.2) is 0 Å². The van der Waals surface area contributed by atoms with Gasteiger partial charge in [-0.15, -0.1) is 0 Å². The van der Waals surface area contributed by atoms with Crippen LogP contribution in [0.25, 0.3) is 0 Å². The SMILES string of the molecule is CC(C)N1CCOC(COc2ccc(CN)c(Cl)c2)C1. The van der Waals surface area contributed by atoms with Crippen molar-refractivity contribution < 1.29 is 9.47 Å². The summed E-state index contributed by atoms with van der Waals surface area (Å²) < 4.78 is 11.5. The summed E-state index contributed by atoms with van der Waals surface area (Å²) >= 11 is 6.12. The van der Waals surface area contributed by atoms with E-state index in [0.717, 1.165) is 31.0 Å². The summed E-state index contributed by atoms with van der Waals surface area (Å²) in [5, 5.41) is 0.651. The Hall–Kier alpha value is -0.810. The van der Waals surface area contributed by atoms with Crippen molar-refractivity contribution in [1.29, 1.82) is 0 Å². The molecule has 0 saturated carbocycles. The highest BCUT2D eigenvalue weighted by Crippen LogP contribution is 2.22. The van der Waals surface area contributed by atoms with Gasteiger partial charge in [0.25, 0.3) is 0 Å². The van der Waals surface area contributed by atoms with E-state index in [1.807, 2.05) is 18.2 Å². The van der Waals surface area contributed by atoms with Gasteiger partial charge in [0.05, 0.1) is 6.61 Å². The van der Waals surface area contributed by atoms with Gasteiger partial charge in [-0.1, -0.05) is 17.7 Å². The molecule has 112 valence electrons. The first-order chi connectivity index (χ1) is 9.60. The lowest BCUT2D eigenvalue weighted by molar-refractivity contribution is -0.0564. The molecule has 1 aromatic rings. The second-order valence-corrected chi connectivity index (χ2v) is 5.76. The Morgan fingerprint density at radius 1 is 1.50 bits per heavy atom. The summed E-state index contributed by atoms with van der Waals surface area (Å²) in [6.45, 7) is 8.05. The normalized spacial score (nSPS) is 20.4. The van der Waals surface area contributed by atoms with Crippen LogP contribution in [0.15, 0.2) is 18.2 Å². The van der Waals surface area contributed by atoms with Gasteiger partial charge in [-0.2, -0.15) is 0 Å². The number of morpholine rings is 1. The molecule has 0 bridgehead atoms. The minimum Gasteiger partial charge on any atom is -0.491 e. The smallest absolute Gasteiger partial charge is 0.120 e. The van der Waals surface area contributed by atoms with E-state index >= 15 is 0 Å². The average Bonchev–Trinajstić information content (AvgIpc) is 2.45. The van der Waals surface area contributed by atoms with E-state index in [1.54, 1.807) is 0 Å². The van der Waals surface area contributed by atoms with E-state index in [0.29, 0.717) is 24.2 Å². The minimum atomic E-state index is 0.110. The van der Waals surface area contributed by atoms with Crippen LogP contribution in [0.5, 0.6) is 5.75 Å². The van der Waals surface area contributed by atoms with Crippen molar-refractivity contribution in [1.82, 2.24) is 4.90 Å². The van der Waals surface area contributed by atoms with Gasteiger partial charge >= 0.3 is 0 Å². The summed E-state index contributed by atoms with van der Waals surface area (Å²) in [6, 6.07) is 6.16. The van der Waals surface area contributed by atoms with Gasteiger partial charge in [0.2, 0.25) is 0 Å². The van der Waals surface area contributed by atoms with Crippen molar-refractivity contribution in [2.24, 2.45) is 5.73 Å². The first-order valence-corrected chi connectivity index (χ1v) is 7.45. The lowest BCUT2D eigenvalue weighted by Gasteiger charge is -2.35. The fourth-order valence-electron chi connectivity index (χ4n) is 2.28. The van der Waals surface area contributed by atoms with Crippen molar-refractivity contribution in [3.63, 3.8) is 0 Å². The fraction of sp³-hybridized carbons (Fsp3) is 0.600.